The van der Waals surface area contributed by atoms with Crippen LogP contribution in [0.3, 0.4) is 0 Å². The standard InChI is InChI=1S/C14H18N2O5S/c15-13(17)10-21-14(18)11-4-6-12(7-5-11)22(19,20)16-8-2-1-3-9-16/h4-7H,1-3,8-10H2,(H2,15,17). The molecule has 1 aliphatic rings. The van der Waals surface area contributed by atoms with Crippen molar-refractivity contribution < 1.29 is 22.7 Å². The van der Waals surface area contributed by atoms with Crippen LogP contribution in [0.5, 0.6) is 0 Å². The fourth-order valence-corrected chi connectivity index (χ4v) is 3.75. The van der Waals surface area contributed by atoms with E-state index >= 15 is 0 Å². The van der Waals surface area contributed by atoms with Gasteiger partial charge in [0.25, 0.3) is 5.91 Å². The molecule has 2 rings (SSSR count). The maximum Gasteiger partial charge on any atom is 0.338 e. The Morgan fingerprint density at radius 1 is 1.09 bits per heavy atom. The maximum atomic E-state index is 12.4. The molecule has 0 aromatic heterocycles. The van der Waals surface area contributed by atoms with E-state index in [4.69, 9.17) is 5.73 Å². The number of esters is 1. The Morgan fingerprint density at radius 2 is 1.68 bits per heavy atom. The van der Waals surface area contributed by atoms with Crippen molar-refractivity contribution >= 4 is 21.9 Å². The van der Waals surface area contributed by atoms with Gasteiger partial charge in [0.15, 0.2) is 6.61 Å². The number of carbonyl (C=O) groups is 2. The van der Waals surface area contributed by atoms with Crippen LogP contribution < -0.4 is 5.73 Å². The number of hydrogen-bond acceptors (Lipinski definition) is 5. The van der Waals surface area contributed by atoms with Gasteiger partial charge in [-0.3, -0.25) is 4.79 Å². The van der Waals surface area contributed by atoms with Crippen LogP contribution in [0.15, 0.2) is 29.2 Å². The van der Waals surface area contributed by atoms with E-state index in [-0.39, 0.29) is 10.5 Å². The van der Waals surface area contributed by atoms with E-state index in [2.05, 4.69) is 4.74 Å². The molecule has 22 heavy (non-hydrogen) atoms. The normalized spacial score (nSPS) is 16.2. The summed E-state index contributed by atoms with van der Waals surface area (Å²) in [6.07, 6.45) is 2.75. The third kappa shape index (κ3) is 3.83. The molecule has 120 valence electrons. The van der Waals surface area contributed by atoms with Gasteiger partial charge >= 0.3 is 5.97 Å². The fraction of sp³-hybridized carbons (Fsp3) is 0.429. The summed E-state index contributed by atoms with van der Waals surface area (Å²) < 4.78 is 31.0. The number of primary amides is 1. The Labute approximate surface area is 129 Å². The van der Waals surface area contributed by atoms with Crippen molar-refractivity contribution in [2.45, 2.75) is 24.2 Å². The summed E-state index contributed by atoms with van der Waals surface area (Å²) >= 11 is 0. The highest BCUT2D eigenvalue weighted by Crippen LogP contribution is 2.21. The zero-order chi connectivity index (χ0) is 16.2. The minimum atomic E-state index is -3.52. The summed E-state index contributed by atoms with van der Waals surface area (Å²) in [4.78, 5) is 22.3. The topological polar surface area (TPSA) is 107 Å². The molecule has 1 aromatic rings. The minimum absolute atomic E-state index is 0.140. The second-order valence-corrected chi connectivity index (χ2v) is 6.97. The van der Waals surface area contributed by atoms with Crippen molar-refractivity contribution in [1.29, 1.82) is 0 Å². The predicted octanol–water partition coefficient (Wildman–Crippen LogP) is 0.503. The lowest BCUT2D eigenvalue weighted by atomic mass is 10.2. The molecule has 0 bridgehead atoms. The van der Waals surface area contributed by atoms with Gasteiger partial charge in [0.05, 0.1) is 10.5 Å². The molecule has 1 heterocycles. The maximum absolute atomic E-state index is 12.4. The van der Waals surface area contributed by atoms with E-state index in [1.807, 2.05) is 0 Å². The van der Waals surface area contributed by atoms with Gasteiger partial charge < -0.3 is 10.5 Å². The lowest BCUT2D eigenvalue weighted by molar-refractivity contribution is -0.121. The van der Waals surface area contributed by atoms with Crippen LogP contribution in [-0.4, -0.2) is 44.3 Å². The molecule has 1 aliphatic heterocycles. The smallest absolute Gasteiger partial charge is 0.338 e. The molecule has 0 unspecified atom stereocenters. The Hall–Kier alpha value is -1.93. The molecule has 0 aliphatic carbocycles. The van der Waals surface area contributed by atoms with Crippen LogP contribution in [0.25, 0.3) is 0 Å². The Kier molecular flexibility index (Phi) is 5.15. The molecule has 1 aromatic carbocycles. The molecule has 7 nitrogen and oxygen atoms in total. The zero-order valence-electron chi connectivity index (χ0n) is 12.0. The van der Waals surface area contributed by atoms with Crippen molar-refractivity contribution in [3.8, 4) is 0 Å². The summed E-state index contributed by atoms with van der Waals surface area (Å²) in [5.74, 6) is -1.47. The van der Waals surface area contributed by atoms with Gasteiger partial charge in [0.2, 0.25) is 10.0 Å². The van der Waals surface area contributed by atoms with Crippen molar-refractivity contribution in [3.63, 3.8) is 0 Å². The fourth-order valence-electron chi connectivity index (χ4n) is 2.24. The highest BCUT2D eigenvalue weighted by Gasteiger charge is 2.26. The van der Waals surface area contributed by atoms with E-state index < -0.39 is 28.5 Å². The Morgan fingerprint density at radius 3 is 2.23 bits per heavy atom. The second-order valence-electron chi connectivity index (χ2n) is 5.03. The van der Waals surface area contributed by atoms with Crippen molar-refractivity contribution in [2.24, 2.45) is 5.73 Å². The van der Waals surface area contributed by atoms with Gasteiger partial charge in [0, 0.05) is 13.1 Å². The SMILES string of the molecule is NC(=O)COC(=O)c1ccc(S(=O)(=O)N2CCCCC2)cc1. The highest BCUT2D eigenvalue weighted by atomic mass is 32.2. The van der Waals surface area contributed by atoms with Gasteiger partial charge in [-0.1, -0.05) is 6.42 Å². The second kappa shape index (κ2) is 6.89. The Bertz CT molecular complexity index is 648. The molecule has 8 heteroatoms. The summed E-state index contributed by atoms with van der Waals surface area (Å²) in [7, 11) is -3.52. The van der Waals surface area contributed by atoms with Crippen LogP contribution in [0, 0.1) is 0 Å². The van der Waals surface area contributed by atoms with Crippen LogP contribution in [-0.2, 0) is 19.6 Å². The summed E-state index contributed by atoms with van der Waals surface area (Å²) in [5, 5.41) is 0. The lowest BCUT2D eigenvalue weighted by Gasteiger charge is -2.25. The van der Waals surface area contributed by atoms with Gasteiger partial charge in [0.1, 0.15) is 0 Å². The van der Waals surface area contributed by atoms with Crippen molar-refractivity contribution in [1.82, 2.24) is 4.31 Å². The zero-order valence-corrected chi connectivity index (χ0v) is 12.8. The van der Waals surface area contributed by atoms with E-state index in [0.29, 0.717) is 13.1 Å². The quantitative estimate of drug-likeness (QED) is 0.793. The van der Waals surface area contributed by atoms with Gasteiger partial charge in [-0.2, -0.15) is 4.31 Å². The molecule has 0 spiro atoms. The number of amides is 1. The largest absolute Gasteiger partial charge is 0.452 e. The van der Waals surface area contributed by atoms with Crippen LogP contribution in [0.1, 0.15) is 29.6 Å². The number of piperidine rings is 1. The summed E-state index contributed by atoms with van der Waals surface area (Å²) in [6.45, 7) is 0.530. The third-order valence-electron chi connectivity index (χ3n) is 3.39. The first-order valence-corrected chi connectivity index (χ1v) is 8.41. The first-order valence-electron chi connectivity index (χ1n) is 6.97. The number of ether oxygens (including phenoxy) is 1. The molecule has 0 radical (unpaired) electrons. The average molecular weight is 326 g/mol. The molecule has 1 amide bonds. The number of rotatable bonds is 5. The lowest BCUT2D eigenvalue weighted by Crippen LogP contribution is -2.35. The first kappa shape index (κ1) is 16.4. The predicted molar refractivity (Wildman–Crippen MR) is 78.5 cm³/mol. The van der Waals surface area contributed by atoms with E-state index in [9.17, 15) is 18.0 Å². The number of hydrogen-bond donors (Lipinski definition) is 1. The van der Waals surface area contributed by atoms with E-state index in [1.165, 1.54) is 28.6 Å². The minimum Gasteiger partial charge on any atom is -0.452 e. The highest BCUT2D eigenvalue weighted by molar-refractivity contribution is 7.89. The van der Waals surface area contributed by atoms with Crippen LogP contribution in [0.2, 0.25) is 0 Å². The Balaban J connectivity index is 2.10. The van der Waals surface area contributed by atoms with Crippen LogP contribution in [0.4, 0.5) is 0 Å². The molecule has 0 saturated carbocycles. The number of carbonyl (C=O) groups excluding carboxylic acids is 2. The van der Waals surface area contributed by atoms with E-state index in [1.54, 1.807) is 0 Å². The van der Waals surface area contributed by atoms with Crippen molar-refractivity contribution in [2.75, 3.05) is 19.7 Å². The van der Waals surface area contributed by atoms with Gasteiger partial charge in [-0.15, -0.1) is 0 Å². The van der Waals surface area contributed by atoms with Crippen LogP contribution >= 0.6 is 0 Å². The third-order valence-corrected chi connectivity index (χ3v) is 5.30. The average Bonchev–Trinajstić information content (AvgIpc) is 2.53. The monoisotopic (exact) mass is 326 g/mol. The van der Waals surface area contributed by atoms with Gasteiger partial charge in [-0.25, -0.2) is 13.2 Å². The van der Waals surface area contributed by atoms with E-state index in [0.717, 1.165) is 19.3 Å². The number of nitrogens with zero attached hydrogens (tertiary/aromatic N) is 1. The number of benzene rings is 1. The number of nitrogens with two attached hydrogens (primary N) is 1. The molecule has 0 atom stereocenters. The molecule has 1 fully saturated rings. The number of sulfonamides is 1. The molecule has 2 N–H and O–H groups in total. The summed E-state index contributed by atoms with van der Waals surface area (Å²) in [6, 6.07) is 5.45. The van der Waals surface area contributed by atoms with Gasteiger partial charge in [-0.05, 0) is 37.1 Å². The first-order chi connectivity index (χ1) is 10.4. The molecular weight excluding hydrogens is 308 g/mol. The molecule has 1 saturated heterocycles. The molecular formula is C14H18N2O5S. The summed E-state index contributed by atoms with van der Waals surface area (Å²) in [5.41, 5.74) is 5.05. The van der Waals surface area contributed by atoms with Crippen molar-refractivity contribution in [3.05, 3.63) is 29.8 Å².